The van der Waals surface area contributed by atoms with Crippen LogP contribution in [0.1, 0.15) is 12.8 Å². The van der Waals surface area contributed by atoms with Crippen molar-refractivity contribution in [1.82, 2.24) is 0 Å². The summed E-state index contributed by atoms with van der Waals surface area (Å²) in [6, 6.07) is 12.8. The van der Waals surface area contributed by atoms with Gasteiger partial charge < -0.3 is 29.6 Å². The van der Waals surface area contributed by atoms with Gasteiger partial charge in [0, 0.05) is 24.4 Å². The van der Waals surface area contributed by atoms with E-state index in [4.69, 9.17) is 18.9 Å². The molecule has 0 aliphatic carbocycles. The summed E-state index contributed by atoms with van der Waals surface area (Å²) < 4.78 is 21.8. The van der Waals surface area contributed by atoms with Crippen LogP contribution in [0.5, 0.6) is 17.2 Å². The van der Waals surface area contributed by atoms with Crippen LogP contribution in [-0.4, -0.2) is 46.0 Å². The summed E-state index contributed by atoms with van der Waals surface area (Å²) in [6.45, 7) is 1.46. The summed E-state index contributed by atoms with van der Waals surface area (Å²) in [5, 5.41) is 5.93. The zero-order valence-electron chi connectivity index (χ0n) is 16.2. The van der Waals surface area contributed by atoms with Gasteiger partial charge in [-0.2, -0.15) is 0 Å². The van der Waals surface area contributed by atoms with Crippen molar-refractivity contribution < 1.29 is 23.7 Å². The lowest BCUT2D eigenvalue weighted by Gasteiger charge is -2.14. The highest BCUT2D eigenvalue weighted by atomic mass is 16.5. The minimum absolute atomic E-state index is 0.107. The summed E-state index contributed by atoms with van der Waals surface area (Å²) in [5.41, 5.74) is 1.36. The number of nitrogens with one attached hydrogen (secondary N) is 2. The first-order valence-corrected chi connectivity index (χ1v) is 9.28. The van der Waals surface area contributed by atoms with Gasteiger partial charge >= 0.3 is 0 Å². The maximum absolute atomic E-state index is 12.3. The minimum Gasteiger partial charge on any atom is -0.497 e. The fraction of sp³-hybridized carbons (Fsp3) is 0.381. The number of carbonyl (C=O) groups excluding carboxylic acids is 1. The molecule has 0 unspecified atom stereocenters. The lowest BCUT2D eigenvalue weighted by atomic mass is 10.2. The van der Waals surface area contributed by atoms with E-state index in [0.29, 0.717) is 23.8 Å². The van der Waals surface area contributed by atoms with Gasteiger partial charge in [0.2, 0.25) is 5.91 Å². The molecule has 1 fully saturated rings. The molecule has 1 saturated heterocycles. The van der Waals surface area contributed by atoms with Gasteiger partial charge in [0.15, 0.2) is 0 Å². The van der Waals surface area contributed by atoms with E-state index in [0.717, 1.165) is 30.9 Å². The topological polar surface area (TPSA) is 78.1 Å². The zero-order valence-corrected chi connectivity index (χ0v) is 16.2. The summed E-state index contributed by atoms with van der Waals surface area (Å²) in [6.07, 6.45) is 2.29. The number of amides is 1. The minimum atomic E-state index is -0.197. The Labute approximate surface area is 164 Å². The Balaban J connectivity index is 1.52. The van der Waals surface area contributed by atoms with Crippen molar-refractivity contribution in [3.63, 3.8) is 0 Å². The fourth-order valence-electron chi connectivity index (χ4n) is 2.95. The van der Waals surface area contributed by atoms with Crippen molar-refractivity contribution in [2.75, 3.05) is 44.6 Å². The van der Waals surface area contributed by atoms with Crippen LogP contribution in [0.2, 0.25) is 0 Å². The van der Waals surface area contributed by atoms with Gasteiger partial charge in [0.1, 0.15) is 23.9 Å². The van der Waals surface area contributed by atoms with Crippen LogP contribution >= 0.6 is 0 Å². The van der Waals surface area contributed by atoms with Gasteiger partial charge in [-0.05, 0) is 37.1 Å². The van der Waals surface area contributed by atoms with E-state index in [1.54, 1.807) is 32.4 Å². The second kappa shape index (κ2) is 9.85. The third kappa shape index (κ3) is 5.53. The molecule has 7 heteroatoms. The van der Waals surface area contributed by atoms with Crippen molar-refractivity contribution in [2.45, 2.75) is 18.9 Å². The molecule has 3 rings (SSSR count). The van der Waals surface area contributed by atoms with Crippen LogP contribution in [0.4, 0.5) is 11.4 Å². The molecule has 7 nitrogen and oxygen atoms in total. The Morgan fingerprint density at radius 3 is 2.79 bits per heavy atom. The molecule has 28 heavy (non-hydrogen) atoms. The number of anilines is 2. The van der Waals surface area contributed by atoms with Crippen LogP contribution in [0.25, 0.3) is 0 Å². The second-order valence-corrected chi connectivity index (χ2v) is 6.44. The Morgan fingerprint density at radius 2 is 2.04 bits per heavy atom. The van der Waals surface area contributed by atoms with Gasteiger partial charge in [0.05, 0.1) is 32.6 Å². The first kappa shape index (κ1) is 19.8. The number of methoxy groups -OCH3 is 2. The molecule has 0 aromatic heterocycles. The highest BCUT2D eigenvalue weighted by Gasteiger charge is 2.16. The molecule has 150 valence electrons. The summed E-state index contributed by atoms with van der Waals surface area (Å²) >= 11 is 0. The van der Waals surface area contributed by atoms with E-state index in [-0.39, 0.29) is 18.6 Å². The quantitative estimate of drug-likeness (QED) is 0.688. The lowest BCUT2D eigenvalue weighted by molar-refractivity contribution is -0.114. The average molecular weight is 386 g/mol. The molecular weight excluding hydrogens is 360 g/mol. The van der Waals surface area contributed by atoms with Crippen molar-refractivity contribution in [3.05, 3.63) is 42.5 Å². The van der Waals surface area contributed by atoms with Gasteiger partial charge in [-0.25, -0.2) is 0 Å². The van der Waals surface area contributed by atoms with Gasteiger partial charge in [-0.3, -0.25) is 4.79 Å². The molecule has 0 bridgehead atoms. The molecule has 0 spiro atoms. The predicted molar refractivity (Wildman–Crippen MR) is 108 cm³/mol. The number of ether oxygens (including phenoxy) is 4. The van der Waals surface area contributed by atoms with Gasteiger partial charge in [-0.1, -0.05) is 6.07 Å². The van der Waals surface area contributed by atoms with Crippen LogP contribution < -0.4 is 24.8 Å². The predicted octanol–water partition coefficient (Wildman–Crippen LogP) is 3.31. The Hall–Kier alpha value is -2.93. The standard InChI is InChI=1S/C21H26N2O5/c1-25-16-8-9-20(26-2)19(12-16)23-21(24)13-22-15-5-3-6-17(11-15)28-14-18-7-4-10-27-18/h3,5-6,8-9,11-12,18,22H,4,7,10,13-14H2,1-2H3,(H,23,24)/t18-/m0/s1. The average Bonchev–Trinajstić information content (AvgIpc) is 3.25. The first-order valence-electron chi connectivity index (χ1n) is 9.28. The molecule has 1 amide bonds. The molecule has 2 aromatic carbocycles. The summed E-state index contributed by atoms with van der Waals surface area (Å²) in [5.74, 6) is 1.76. The summed E-state index contributed by atoms with van der Waals surface area (Å²) in [4.78, 5) is 12.3. The third-order valence-corrected chi connectivity index (χ3v) is 4.43. The largest absolute Gasteiger partial charge is 0.497 e. The maximum Gasteiger partial charge on any atom is 0.243 e. The second-order valence-electron chi connectivity index (χ2n) is 6.44. The fourth-order valence-corrected chi connectivity index (χ4v) is 2.95. The Bertz CT molecular complexity index is 790. The van der Waals surface area contributed by atoms with Crippen molar-refractivity contribution in [2.24, 2.45) is 0 Å². The van der Waals surface area contributed by atoms with Crippen LogP contribution in [0, 0.1) is 0 Å². The van der Waals surface area contributed by atoms with E-state index < -0.39 is 0 Å². The number of benzene rings is 2. The van der Waals surface area contributed by atoms with Gasteiger partial charge in [0.25, 0.3) is 0 Å². The number of hydrogen-bond donors (Lipinski definition) is 2. The van der Waals surface area contributed by atoms with E-state index in [1.165, 1.54) is 0 Å². The Kier molecular flexibility index (Phi) is 6.97. The highest BCUT2D eigenvalue weighted by molar-refractivity contribution is 5.95. The normalized spacial score (nSPS) is 15.7. The molecule has 1 aliphatic rings. The van der Waals surface area contributed by atoms with E-state index in [9.17, 15) is 4.79 Å². The molecule has 0 saturated carbocycles. The van der Waals surface area contributed by atoms with Crippen molar-refractivity contribution >= 4 is 17.3 Å². The SMILES string of the molecule is COc1ccc(OC)c(NC(=O)CNc2cccc(OC[C@@H]3CCCO3)c2)c1. The molecule has 1 aliphatic heterocycles. The van der Waals surface area contributed by atoms with Crippen LogP contribution in [0.3, 0.4) is 0 Å². The highest BCUT2D eigenvalue weighted by Crippen LogP contribution is 2.28. The van der Waals surface area contributed by atoms with Crippen LogP contribution in [0.15, 0.2) is 42.5 Å². The number of rotatable bonds is 9. The van der Waals surface area contributed by atoms with E-state index >= 15 is 0 Å². The van der Waals surface area contributed by atoms with Crippen molar-refractivity contribution in [1.29, 1.82) is 0 Å². The molecule has 2 N–H and O–H groups in total. The molecule has 1 atom stereocenters. The first-order chi connectivity index (χ1) is 13.7. The van der Waals surface area contributed by atoms with E-state index in [2.05, 4.69) is 10.6 Å². The molecule has 2 aromatic rings. The molecule has 1 heterocycles. The third-order valence-electron chi connectivity index (χ3n) is 4.43. The Morgan fingerprint density at radius 1 is 1.14 bits per heavy atom. The van der Waals surface area contributed by atoms with Gasteiger partial charge in [-0.15, -0.1) is 0 Å². The number of hydrogen-bond acceptors (Lipinski definition) is 6. The zero-order chi connectivity index (χ0) is 19.8. The monoisotopic (exact) mass is 386 g/mol. The molecule has 0 radical (unpaired) electrons. The maximum atomic E-state index is 12.3. The molecular formula is C21H26N2O5. The lowest BCUT2D eigenvalue weighted by Crippen LogP contribution is -2.22. The van der Waals surface area contributed by atoms with Crippen LogP contribution in [-0.2, 0) is 9.53 Å². The number of carbonyl (C=O) groups is 1. The smallest absolute Gasteiger partial charge is 0.243 e. The summed E-state index contributed by atoms with van der Waals surface area (Å²) in [7, 11) is 3.13. The van der Waals surface area contributed by atoms with E-state index in [1.807, 2.05) is 24.3 Å². The van der Waals surface area contributed by atoms with Crippen molar-refractivity contribution in [3.8, 4) is 17.2 Å².